The normalized spacial score (nSPS) is 11.4. The SMILES string of the molecule is COC(=O)c1c(Cl)cc(Cl)nc1C(F)(F)F. The Bertz CT molecular complexity index is 434. The average Bonchev–Trinajstić information content (AvgIpc) is 2.14. The summed E-state index contributed by atoms with van der Waals surface area (Å²) in [4.78, 5) is 14.2. The lowest BCUT2D eigenvalue weighted by Gasteiger charge is -2.11. The quantitative estimate of drug-likeness (QED) is 0.583. The van der Waals surface area contributed by atoms with E-state index in [0.717, 1.165) is 13.2 Å². The van der Waals surface area contributed by atoms with Gasteiger partial charge in [0.15, 0.2) is 5.69 Å². The Morgan fingerprint density at radius 2 is 2.00 bits per heavy atom. The molecule has 1 aromatic heterocycles. The van der Waals surface area contributed by atoms with Crippen LogP contribution >= 0.6 is 23.2 Å². The minimum Gasteiger partial charge on any atom is -0.465 e. The van der Waals surface area contributed by atoms with Crippen LogP contribution in [0, 0.1) is 0 Å². The Morgan fingerprint density at radius 3 is 2.44 bits per heavy atom. The van der Waals surface area contributed by atoms with Gasteiger partial charge in [0.2, 0.25) is 0 Å². The molecule has 0 amide bonds. The monoisotopic (exact) mass is 273 g/mol. The first kappa shape index (κ1) is 13.1. The summed E-state index contributed by atoms with van der Waals surface area (Å²) >= 11 is 10.8. The number of hydrogen-bond donors (Lipinski definition) is 0. The van der Waals surface area contributed by atoms with Crippen molar-refractivity contribution in [2.24, 2.45) is 0 Å². The molecule has 0 fully saturated rings. The number of alkyl halides is 3. The smallest absolute Gasteiger partial charge is 0.434 e. The van der Waals surface area contributed by atoms with Crippen molar-refractivity contribution in [1.82, 2.24) is 4.98 Å². The maximum Gasteiger partial charge on any atom is 0.434 e. The molecule has 0 atom stereocenters. The average molecular weight is 274 g/mol. The molecule has 0 saturated heterocycles. The number of ether oxygens (including phenoxy) is 1. The van der Waals surface area contributed by atoms with Gasteiger partial charge in [-0.2, -0.15) is 13.2 Å². The molecule has 1 aromatic rings. The van der Waals surface area contributed by atoms with Gasteiger partial charge in [0.1, 0.15) is 10.7 Å². The number of nitrogens with zero attached hydrogens (tertiary/aromatic N) is 1. The van der Waals surface area contributed by atoms with Crippen molar-refractivity contribution in [2.75, 3.05) is 7.11 Å². The lowest BCUT2D eigenvalue weighted by molar-refractivity contribution is -0.141. The van der Waals surface area contributed by atoms with Gasteiger partial charge < -0.3 is 4.74 Å². The predicted molar refractivity (Wildman–Crippen MR) is 50.6 cm³/mol. The van der Waals surface area contributed by atoms with Crippen molar-refractivity contribution in [2.45, 2.75) is 6.18 Å². The van der Waals surface area contributed by atoms with Crippen LogP contribution in [-0.2, 0) is 10.9 Å². The van der Waals surface area contributed by atoms with E-state index in [2.05, 4.69) is 9.72 Å². The van der Waals surface area contributed by atoms with Gasteiger partial charge in [-0.05, 0) is 6.07 Å². The van der Waals surface area contributed by atoms with Crippen molar-refractivity contribution >= 4 is 29.2 Å². The molecule has 0 radical (unpaired) electrons. The molecule has 3 nitrogen and oxygen atoms in total. The van der Waals surface area contributed by atoms with Crippen molar-refractivity contribution in [3.8, 4) is 0 Å². The molecule has 0 spiro atoms. The van der Waals surface area contributed by atoms with E-state index in [1.165, 1.54) is 0 Å². The number of halogens is 5. The van der Waals surface area contributed by atoms with Crippen LogP contribution in [0.15, 0.2) is 6.07 Å². The van der Waals surface area contributed by atoms with E-state index < -0.39 is 33.6 Å². The lowest BCUT2D eigenvalue weighted by atomic mass is 10.2. The zero-order valence-corrected chi connectivity index (χ0v) is 9.24. The fraction of sp³-hybridized carbons (Fsp3) is 0.250. The van der Waals surface area contributed by atoms with Crippen LogP contribution in [0.5, 0.6) is 0 Å². The molecule has 1 rings (SSSR count). The minimum atomic E-state index is -4.84. The zero-order valence-electron chi connectivity index (χ0n) is 7.73. The van der Waals surface area contributed by atoms with Gasteiger partial charge in [-0.25, -0.2) is 9.78 Å². The molecular weight excluding hydrogens is 270 g/mol. The molecule has 0 aliphatic heterocycles. The van der Waals surface area contributed by atoms with Crippen LogP contribution in [0.25, 0.3) is 0 Å². The topological polar surface area (TPSA) is 39.2 Å². The molecule has 0 aliphatic rings. The second-order valence-electron chi connectivity index (χ2n) is 2.64. The maximum absolute atomic E-state index is 12.5. The van der Waals surface area contributed by atoms with Crippen molar-refractivity contribution in [3.63, 3.8) is 0 Å². The Labute approximate surface area is 98.1 Å². The molecule has 0 N–H and O–H groups in total. The fourth-order valence-electron chi connectivity index (χ4n) is 0.986. The highest BCUT2D eigenvalue weighted by atomic mass is 35.5. The van der Waals surface area contributed by atoms with Crippen molar-refractivity contribution in [3.05, 3.63) is 27.5 Å². The van der Waals surface area contributed by atoms with Crippen molar-refractivity contribution < 1.29 is 22.7 Å². The first-order valence-electron chi connectivity index (χ1n) is 3.79. The molecule has 88 valence electrons. The summed E-state index contributed by atoms with van der Waals surface area (Å²) in [7, 11) is 0.938. The highest BCUT2D eigenvalue weighted by molar-refractivity contribution is 6.36. The third-order valence-corrected chi connectivity index (χ3v) is 2.09. The summed E-state index contributed by atoms with van der Waals surface area (Å²) in [6.07, 6.45) is -4.84. The second kappa shape index (κ2) is 4.47. The molecular formula is C8H4Cl2F3NO2. The van der Waals surface area contributed by atoms with Crippen LogP contribution in [0.2, 0.25) is 10.2 Å². The molecule has 0 unspecified atom stereocenters. The third-order valence-electron chi connectivity index (χ3n) is 1.60. The van der Waals surface area contributed by atoms with E-state index in [1.807, 2.05) is 0 Å². The van der Waals surface area contributed by atoms with E-state index >= 15 is 0 Å². The number of aromatic nitrogens is 1. The maximum atomic E-state index is 12.5. The number of carbonyl (C=O) groups is 1. The predicted octanol–water partition coefficient (Wildman–Crippen LogP) is 3.19. The first-order chi connectivity index (χ1) is 7.27. The Hall–Kier alpha value is -1.01. The first-order valence-corrected chi connectivity index (χ1v) is 4.54. The van der Waals surface area contributed by atoms with Gasteiger partial charge in [0, 0.05) is 0 Å². The largest absolute Gasteiger partial charge is 0.465 e. The zero-order chi connectivity index (χ0) is 12.5. The van der Waals surface area contributed by atoms with Gasteiger partial charge >= 0.3 is 12.1 Å². The second-order valence-corrected chi connectivity index (χ2v) is 3.43. The lowest BCUT2D eigenvalue weighted by Crippen LogP contribution is -2.17. The van der Waals surface area contributed by atoms with Crippen LogP contribution in [0.3, 0.4) is 0 Å². The number of pyridine rings is 1. The Morgan fingerprint density at radius 1 is 1.44 bits per heavy atom. The van der Waals surface area contributed by atoms with Gasteiger partial charge in [-0.3, -0.25) is 0 Å². The molecule has 1 heterocycles. The highest BCUT2D eigenvalue weighted by Gasteiger charge is 2.39. The molecule has 0 bridgehead atoms. The highest BCUT2D eigenvalue weighted by Crippen LogP contribution is 2.35. The summed E-state index contributed by atoms with van der Waals surface area (Å²) in [5.41, 5.74) is -2.31. The Balaban J connectivity index is 3.51. The molecule has 16 heavy (non-hydrogen) atoms. The fourth-order valence-corrected chi connectivity index (χ4v) is 1.51. The van der Waals surface area contributed by atoms with Crippen LogP contribution in [0.4, 0.5) is 13.2 Å². The summed E-state index contributed by atoms with van der Waals surface area (Å²) in [6, 6.07) is 0.935. The van der Waals surface area contributed by atoms with Crippen LogP contribution < -0.4 is 0 Å². The van der Waals surface area contributed by atoms with Crippen LogP contribution in [0.1, 0.15) is 16.1 Å². The number of rotatable bonds is 1. The van der Waals surface area contributed by atoms with E-state index in [-0.39, 0.29) is 0 Å². The van der Waals surface area contributed by atoms with Crippen molar-refractivity contribution in [1.29, 1.82) is 0 Å². The summed E-state index contributed by atoms with van der Waals surface area (Å²) in [5.74, 6) is -1.22. The molecule has 8 heteroatoms. The van der Waals surface area contributed by atoms with E-state index in [9.17, 15) is 18.0 Å². The van der Waals surface area contributed by atoms with E-state index in [0.29, 0.717) is 0 Å². The van der Waals surface area contributed by atoms with Gasteiger partial charge in [0.25, 0.3) is 0 Å². The molecule has 0 saturated carbocycles. The Kier molecular flexibility index (Phi) is 3.64. The van der Waals surface area contributed by atoms with Gasteiger partial charge in [-0.1, -0.05) is 23.2 Å². The van der Waals surface area contributed by atoms with E-state index in [1.54, 1.807) is 0 Å². The number of esters is 1. The third kappa shape index (κ3) is 2.56. The van der Waals surface area contributed by atoms with Gasteiger partial charge in [-0.15, -0.1) is 0 Å². The minimum absolute atomic E-state index is 0.454. The van der Waals surface area contributed by atoms with Crippen LogP contribution in [-0.4, -0.2) is 18.1 Å². The standard InChI is InChI=1S/C8H4Cl2F3NO2/c1-16-7(15)5-3(9)2-4(10)14-6(5)8(11,12)13/h2H,1H3. The summed E-state index contributed by atoms with van der Waals surface area (Å²) in [6.45, 7) is 0. The van der Waals surface area contributed by atoms with E-state index in [4.69, 9.17) is 23.2 Å². The van der Waals surface area contributed by atoms with Gasteiger partial charge in [0.05, 0.1) is 12.1 Å². The summed E-state index contributed by atoms with van der Waals surface area (Å²) in [5, 5.41) is -0.913. The molecule has 0 aliphatic carbocycles. The number of methoxy groups -OCH3 is 1. The number of carbonyl (C=O) groups excluding carboxylic acids is 1. The molecule has 0 aromatic carbocycles. The summed E-state index contributed by atoms with van der Waals surface area (Å²) < 4.78 is 41.7. The number of hydrogen-bond acceptors (Lipinski definition) is 3.